The van der Waals surface area contributed by atoms with Crippen LogP contribution in [0.5, 0.6) is 5.75 Å². The first-order chi connectivity index (χ1) is 13.2. The van der Waals surface area contributed by atoms with E-state index in [0.717, 1.165) is 21.7 Å². The molecule has 0 fully saturated rings. The van der Waals surface area contributed by atoms with E-state index in [9.17, 15) is 9.90 Å². The van der Waals surface area contributed by atoms with Gasteiger partial charge in [-0.2, -0.15) is 0 Å². The van der Waals surface area contributed by atoms with E-state index in [1.54, 1.807) is 6.92 Å². The van der Waals surface area contributed by atoms with Gasteiger partial charge in [0.15, 0.2) is 11.4 Å². The number of benzene rings is 2. The number of esters is 1. The topological polar surface area (TPSA) is 72.3 Å². The molecule has 2 aromatic carbocycles. The highest BCUT2D eigenvalue weighted by atomic mass is 32.1. The van der Waals surface area contributed by atoms with Gasteiger partial charge in [-0.15, -0.1) is 11.3 Å². The largest absolute Gasteiger partial charge is 0.504 e. The van der Waals surface area contributed by atoms with Crippen LogP contribution in [0.25, 0.3) is 31.9 Å². The van der Waals surface area contributed by atoms with Gasteiger partial charge in [0.25, 0.3) is 0 Å². The summed E-state index contributed by atoms with van der Waals surface area (Å²) in [7, 11) is 0. The molecule has 134 valence electrons. The Morgan fingerprint density at radius 2 is 1.70 bits per heavy atom. The van der Waals surface area contributed by atoms with Crippen LogP contribution in [0.1, 0.15) is 17.4 Å². The zero-order chi connectivity index (χ0) is 18.8. The molecule has 0 radical (unpaired) electrons. The maximum absolute atomic E-state index is 11.9. The third-order valence-electron chi connectivity index (χ3n) is 4.12. The molecule has 0 spiro atoms. The minimum Gasteiger partial charge on any atom is -0.504 e. The molecule has 6 heteroatoms. The summed E-state index contributed by atoms with van der Waals surface area (Å²) < 4.78 is 5.45. The molecule has 5 nitrogen and oxygen atoms in total. The molecule has 0 aliphatic rings. The fourth-order valence-electron chi connectivity index (χ4n) is 2.79. The fraction of sp³-hybridized carbons (Fsp3) is 0.0952. The quantitative estimate of drug-likeness (QED) is 0.513. The molecule has 0 saturated heterocycles. The van der Waals surface area contributed by atoms with Crippen molar-refractivity contribution in [1.29, 1.82) is 0 Å². The van der Waals surface area contributed by atoms with Crippen molar-refractivity contribution in [2.24, 2.45) is 0 Å². The molecule has 2 heterocycles. The zero-order valence-corrected chi connectivity index (χ0v) is 15.4. The molecule has 4 aromatic rings. The molecule has 0 unspecified atom stereocenters. The normalized spacial score (nSPS) is 10.9. The van der Waals surface area contributed by atoms with E-state index < -0.39 is 5.97 Å². The van der Waals surface area contributed by atoms with Crippen LogP contribution in [-0.2, 0) is 4.74 Å². The monoisotopic (exact) mass is 376 g/mol. The van der Waals surface area contributed by atoms with Gasteiger partial charge in [-0.05, 0) is 18.1 Å². The number of aromatic hydroxyl groups is 1. The van der Waals surface area contributed by atoms with E-state index in [4.69, 9.17) is 4.74 Å². The average Bonchev–Trinajstić information content (AvgIpc) is 3.14. The molecule has 0 atom stereocenters. The molecule has 0 amide bonds. The number of carbonyl (C=O) groups is 1. The summed E-state index contributed by atoms with van der Waals surface area (Å²) in [5.74, 6) is -0.824. The van der Waals surface area contributed by atoms with E-state index in [0.29, 0.717) is 10.2 Å². The second-order valence-electron chi connectivity index (χ2n) is 5.85. The van der Waals surface area contributed by atoms with Crippen LogP contribution >= 0.6 is 11.3 Å². The highest BCUT2D eigenvalue weighted by Gasteiger charge is 2.19. The molecule has 0 aliphatic heterocycles. The summed E-state index contributed by atoms with van der Waals surface area (Å²) in [6, 6.07) is 18.2. The zero-order valence-electron chi connectivity index (χ0n) is 14.5. The predicted octanol–water partition coefficient (Wildman–Crippen LogP) is 4.91. The molecule has 0 bridgehead atoms. The van der Waals surface area contributed by atoms with E-state index in [1.165, 1.54) is 17.5 Å². The number of rotatable bonds is 4. The van der Waals surface area contributed by atoms with Gasteiger partial charge in [-0.1, -0.05) is 54.6 Å². The minimum absolute atomic E-state index is 0.0843. The second-order valence-corrected chi connectivity index (χ2v) is 6.85. The minimum atomic E-state index is -0.640. The molecule has 4 rings (SSSR count). The summed E-state index contributed by atoms with van der Waals surface area (Å²) in [6.45, 7) is 1.93. The van der Waals surface area contributed by atoms with Crippen molar-refractivity contribution in [1.82, 2.24) is 9.97 Å². The Bertz CT molecular complexity index is 1110. The van der Waals surface area contributed by atoms with Crippen LogP contribution in [0, 0.1) is 0 Å². The highest BCUT2D eigenvalue weighted by molar-refractivity contribution is 7.22. The standard InChI is InChI=1S/C21H16N2O3S/c1-2-26-21(25)17-18(24)19-16(12-22-17)23-20(27-19)15-10-8-14(9-11-15)13-6-4-3-5-7-13/h3-12,24H,2H2,1H3. The Morgan fingerprint density at radius 3 is 2.41 bits per heavy atom. The van der Waals surface area contributed by atoms with Crippen molar-refractivity contribution in [3.05, 3.63) is 66.5 Å². The third kappa shape index (κ3) is 3.27. The summed E-state index contributed by atoms with van der Waals surface area (Å²) in [5.41, 5.74) is 3.67. The maximum atomic E-state index is 11.9. The van der Waals surface area contributed by atoms with Crippen LogP contribution in [0.2, 0.25) is 0 Å². The number of thiazole rings is 1. The van der Waals surface area contributed by atoms with Crippen LogP contribution in [0.4, 0.5) is 0 Å². The lowest BCUT2D eigenvalue weighted by atomic mass is 10.0. The first-order valence-corrected chi connectivity index (χ1v) is 9.30. The number of aromatic nitrogens is 2. The van der Waals surface area contributed by atoms with Crippen molar-refractivity contribution in [2.75, 3.05) is 6.61 Å². The lowest BCUT2D eigenvalue weighted by Crippen LogP contribution is -2.07. The first-order valence-electron chi connectivity index (χ1n) is 8.49. The summed E-state index contributed by atoms with van der Waals surface area (Å²) in [5, 5.41) is 11.2. The van der Waals surface area contributed by atoms with E-state index >= 15 is 0 Å². The van der Waals surface area contributed by atoms with Crippen LogP contribution in [-0.4, -0.2) is 27.7 Å². The number of nitrogens with zero attached hydrogens (tertiary/aromatic N) is 2. The summed E-state index contributed by atoms with van der Waals surface area (Å²) >= 11 is 1.32. The number of ether oxygens (including phenoxy) is 1. The van der Waals surface area contributed by atoms with E-state index in [2.05, 4.69) is 22.1 Å². The Hall–Kier alpha value is -3.25. The number of hydrogen-bond donors (Lipinski definition) is 1. The van der Waals surface area contributed by atoms with Crippen molar-refractivity contribution >= 4 is 27.5 Å². The molecular formula is C21H16N2O3S. The first kappa shape index (κ1) is 17.2. The van der Waals surface area contributed by atoms with E-state index in [1.807, 2.05) is 42.5 Å². The van der Waals surface area contributed by atoms with Crippen LogP contribution in [0.15, 0.2) is 60.8 Å². The van der Waals surface area contributed by atoms with Crippen molar-refractivity contribution < 1.29 is 14.6 Å². The number of pyridine rings is 1. The fourth-order valence-corrected chi connectivity index (χ4v) is 3.78. The van der Waals surface area contributed by atoms with Gasteiger partial charge in [0.05, 0.1) is 12.8 Å². The average molecular weight is 376 g/mol. The Labute approximate surface area is 159 Å². The SMILES string of the molecule is CCOC(=O)c1ncc2nc(-c3ccc(-c4ccccc4)cc3)sc2c1O. The maximum Gasteiger partial charge on any atom is 0.360 e. The van der Waals surface area contributed by atoms with Gasteiger partial charge in [0.2, 0.25) is 0 Å². The number of hydrogen-bond acceptors (Lipinski definition) is 6. The van der Waals surface area contributed by atoms with Gasteiger partial charge in [0.1, 0.15) is 15.2 Å². The highest BCUT2D eigenvalue weighted by Crippen LogP contribution is 2.37. The lowest BCUT2D eigenvalue weighted by Gasteiger charge is -2.03. The second kappa shape index (κ2) is 7.17. The number of fused-ring (bicyclic) bond motifs is 1. The van der Waals surface area contributed by atoms with Gasteiger partial charge in [-0.25, -0.2) is 14.8 Å². The molecule has 27 heavy (non-hydrogen) atoms. The van der Waals surface area contributed by atoms with Crippen molar-refractivity contribution in [2.45, 2.75) is 6.92 Å². The molecule has 1 N–H and O–H groups in total. The Balaban J connectivity index is 1.70. The predicted molar refractivity (Wildman–Crippen MR) is 106 cm³/mol. The van der Waals surface area contributed by atoms with Gasteiger partial charge < -0.3 is 9.84 Å². The lowest BCUT2D eigenvalue weighted by molar-refractivity contribution is 0.0516. The van der Waals surface area contributed by atoms with Gasteiger partial charge >= 0.3 is 5.97 Å². The Kier molecular flexibility index (Phi) is 4.56. The van der Waals surface area contributed by atoms with Crippen molar-refractivity contribution in [3.63, 3.8) is 0 Å². The van der Waals surface area contributed by atoms with E-state index in [-0.39, 0.29) is 18.1 Å². The van der Waals surface area contributed by atoms with Crippen LogP contribution in [0.3, 0.4) is 0 Å². The molecule has 2 aromatic heterocycles. The van der Waals surface area contributed by atoms with Crippen molar-refractivity contribution in [3.8, 4) is 27.4 Å². The van der Waals surface area contributed by atoms with Gasteiger partial charge in [-0.3, -0.25) is 0 Å². The third-order valence-corrected chi connectivity index (χ3v) is 5.24. The number of carbonyl (C=O) groups excluding carboxylic acids is 1. The smallest absolute Gasteiger partial charge is 0.360 e. The molecule has 0 aliphatic carbocycles. The van der Waals surface area contributed by atoms with Gasteiger partial charge in [0, 0.05) is 5.56 Å². The molecule has 0 saturated carbocycles. The molecular weight excluding hydrogens is 360 g/mol. The van der Waals surface area contributed by atoms with Crippen LogP contribution < -0.4 is 0 Å². The summed E-state index contributed by atoms with van der Waals surface area (Å²) in [6.07, 6.45) is 1.49. The summed E-state index contributed by atoms with van der Waals surface area (Å²) in [4.78, 5) is 20.4. The Morgan fingerprint density at radius 1 is 1.04 bits per heavy atom.